The molecule has 18 heavy (non-hydrogen) atoms. The predicted molar refractivity (Wildman–Crippen MR) is 72.0 cm³/mol. The molecule has 3 heteroatoms. The smallest absolute Gasteiger partial charge is 0.311 e. The van der Waals surface area contributed by atoms with E-state index in [-0.39, 0.29) is 5.97 Å². The first-order valence-electron chi connectivity index (χ1n) is 6.69. The maximum Gasteiger partial charge on any atom is 0.311 e. The number of rotatable bonds is 8. The van der Waals surface area contributed by atoms with Crippen molar-refractivity contribution in [2.75, 3.05) is 6.61 Å². The van der Waals surface area contributed by atoms with E-state index in [1.807, 2.05) is 12.1 Å². The van der Waals surface area contributed by atoms with Crippen molar-refractivity contribution in [3.05, 3.63) is 24.3 Å². The van der Waals surface area contributed by atoms with E-state index in [0.29, 0.717) is 18.8 Å². The summed E-state index contributed by atoms with van der Waals surface area (Å²) in [5, 5.41) is 0. The number of benzene rings is 1. The fourth-order valence-corrected chi connectivity index (χ4v) is 1.53. The van der Waals surface area contributed by atoms with Gasteiger partial charge in [0.2, 0.25) is 0 Å². The second-order valence-corrected chi connectivity index (χ2v) is 4.25. The van der Waals surface area contributed by atoms with Crippen LogP contribution in [0.3, 0.4) is 0 Å². The largest absolute Gasteiger partial charge is 0.494 e. The monoisotopic (exact) mass is 250 g/mol. The Morgan fingerprint density at radius 3 is 2.28 bits per heavy atom. The van der Waals surface area contributed by atoms with Crippen molar-refractivity contribution in [3.63, 3.8) is 0 Å². The quantitative estimate of drug-likeness (QED) is 0.398. The first-order valence-corrected chi connectivity index (χ1v) is 6.69. The number of hydrogen-bond donors (Lipinski definition) is 0. The Hall–Kier alpha value is -1.51. The number of carbonyl (C=O) groups excluding carboxylic acids is 1. The predicted octanol–water partition coefficient (Wildman–Crippen LogP) is 3.96. The van der Waals surface area contributed by atoms with Gasteiger partial charge < -0.3 is 9.47 Å². The zero-order chi connectivity index (χ0) is 13.2. The molecule has 0 aliphatic carbocycles. The van der Waals surface area contributed by atoms with Crippen LogP contribution in [0, 0.1) is 0 Å². The molecule has 0 spiro atoms. The molecular formula is C15H22O3. The molecule has 0 saturated carbocycles. The van der Waals surface area contributed by atoms with Crippen molar-refractivity contribution in [2.45, 2.75) is 46.0 Å². The van der Waals surface area contributed by atoms with Crippen LogP contribution in [0.1, 0.15) is 46.0 Å². The van der Waals surface area contributed by atoms with Gasteiger partial charge in [0.05, 0.1) is 6.61 Å². The summed E-state index contributed by atoms with van der Waals surface area (Å²) in [7, 11) is 0. The fourth-order valence-electron chi connectivity index (χ4n) is 1.53. The van der Waals surface area contributed by atoms with E-state index < -0.39 is 0 Å². The molecule has 0 aliphatic rings. The van der Waals surface area contributed by atoms with Gasteiger partial charge in [-0.2, -0.15) is 0 Å². The van der Waals surface area contributed by atoms with E-state index in [4.69, 9.17) is 9.47 Å². The third-order valence-corrected chi connectivity index (χ3v) is 2.51. The summed E-state index contributed by atoms with van der Waals surface area (Å²) >= 11 is 0. The van der Waals surface area contributed by atoms with Gasteiger partial charge >= 0.3 is 5.97 Å². The number of hydrogen-bond acceptors (Lipinski definition) is 3. The molecule has 0 heterocycles. The van der Waals surface area contributed by atoms with Gasteiger partial charge in [-0.05, 0) is 37.1 Å². The summed E-state index contributed by atoms with van der Waals surface area (Å²) in [6.45, 7) is 4.88. The lowest BCUT2D eigenvalue weighted by atomic mass is 10.2. The molecule has 0 N–H and O–H groups in total. The van der Waals surface area contributed by atoms with Gasteiger partial charge in [0.15, 0.2) is 0 Å². The van der Waals surface area contributed by atoms with Crippen molar-refractivity contribution in [2.24, 2.45) is 0 Å². The Morgan fingerprint density at radius 2 is 1.67 bits per heavy atom. The zero-order valence-corrected chi connectivity index (χ0v) is 11.3. The Labute approximate surface area is 109 Å². The summed E-state index contributed by atoms with van der Waals surface area (Å²) < 4.78 is 10.7. The molecule has 0 saturated heterocycles. The van der Waals surface area contributed by atoms with Crippen LogP contribution in [0.15, 0.2) is 24.3 Å². The molecule has 3 nitrogen and oxygen atoms in total. The lowest BCUT2D eigenvalue weighted by Crippen LogP contribution is -2.07. The molecule has 1 rings (SSSR count). The van der Waals surface area contributed by atoms with Crippen LogP contribution in [-0.2, 0) is 4.79 Å². The molecule has 0 bridgehead atoms. The highest BCUT2D eigenvalue weighted by atomic mass is 16.5. The van der Waals surface area contributed by atoms with Crippen LogP contribution in [0.5, 0.6) is 11.5 Å². The van der Waals surface area contributed by atoms with E-state index in [1.54, 1.807) is 12.1 Å². The van der Waals surface area contributed by atoms with Gasteiger partial charge in [0.1, 0.15) is 11.5 Å². The average molecular weight is 250 g/mol. The lowest BCUT2D eigenvalue weighted by Gasteiger charge is -2.06. The first kappa shape index (κ1) is 14.6. The molecule has 0 radical (unpaired) electrons. The van der Waals surface area contributed by atoms with Gasteiger partial charge in [0.25, 0.3) is 0 Å². The van der Waals surface area contributed by atoms with E-state index in [0.717, 1.165) is 31.4 Å². The van der Waals surface area contributed by atoms with Crippen LogP contribution in [-0.4, -0.2) is 12.6 Å². The van der Waals surface area contributed by atoms with Gasteiger partial charge in [-0.15, -0.1) is 0 Å². The third-order valence-electron chi connectivity index (χ3n) is 2.51. The lowest BCUT2D eigenvalue weighted by molar-refractivity contribution is -0.134. The first-order chi connectivity index (χ1) is 8.76. The molecule has 0 aromatic heterocycles. The molecule has 0 atom stereocenters. The molecule has 1 aromatic carbocycles. The van der Waals surface area contributed by atoms with Crippen molar-refractivity contribution in [1.29, 1.82) is 0 Å². The van der Waals surface area contributed by atoms with Crippen LogP contribution in [0.2, 0.25) is 0 Å². The molecule has 0 aliphatic heterocycles. The second-order valence-electron chi connectivity index (χ2n) is 4.25. The Kier molecular flexibility index (Phi) is 6.92. The minimum absolute atomic E-state index is 0.161. The van der Waals surface area contributed by atoms with Gasteiger partial charge in [-0.1, -0.05) is 26.7 Å². The summed E-state index contributed by atoms with van der Waals surface area (Å²) in [6.07, 6.45) is 4.54. The summed E-state index contributed by atoms with van der Waals surface area (Å²) in [4.78, 5) is 11.5. The standard InChI is InChI=1S/C15H22O3/c1-3-5-6-7-15(16)18-14-10-8-13(9-11-14)17-12-4-2/h8-11H,3-7,12H2,1-2H3. The van der Waals surface area contributed by atoms with Crippen molar-refractivity contribution in [3.8, 4) is 11.5 Å². The van der Waals surface area contributed by atoms with E-state index in [9.17, 15) is 4.79 Å². The Morgan fingerprint density at radius 1 is 1.00 bits per heavy atom. The highest BCUT2D eigenvalue weighted by Gasteiger charge is 2.04. The van der Waals surface area contributed by atoms with E-state index in [1.165, 1.54) is 0 Å². The molecule has 0 amide bonds. The van der Waals surface area contributed by atoms with Crippen LogP contribution >= 0.6 is 0 Å². The van der Waals surface area contributed by atoms with Crippen molar-refractivity contribution in [1.82, 2.24) is 0 Å². The minimum atomic E-state index is -0.161. The average Bonchev–Trinajstić information content (AvgIpc) is 2.38. The summed E-state index contributed by atoms with van der Waals surface area (Å²) in [5.74, 6) is 1.23. The topological polar surface area (TPSA) is 35.5 Å². The number of esters is 1. The van der Waals surface area contributed by atoms with Crippen LogP contribution in [0.4, 0.5) is 0 Å². The van der Waals surface area contributed by atoms with E-state index in [2.05, 4.69) is 13.8 Å². The minimum Gasteiger partial charge on any atom is -0.494 e. The van der Waals surface area contributed by atoms with Gasteiger partial charge in [0, 0.05) is 6.42 Å². The Balaban J connectivity index is 2.35. The normalized spacial score (nSPS) is 10.1. The molecule has 0 fully saturated rings. The maximum absolute atomic E-state index is 11.5. The Bertz CT molecular complexity index is 343. The van der Waals surface area contributed by atoms with Crippen molar-refractivity contribution < 1.29 is 14.3 Å². The van der Waals surface area contributed by atoms with Gasteiger partial charge in [-0.3, -0.25) is 4.79 Å². The number of ether oxygens (including phenoxy) is 2. The summed E-state index contributed by atoms with van der Waals surface area (Å²) in [5.41, 5.74) is 0. The maximum atomic E-state index is 11.5. The zero-order valence-electron chi connectivity index (χ0n) is 11.3. The molecule has 100 valence electrons. The van der Waals surface area contributed by atoms with Crippen LogP contribution < -0.4 is 9.47 Å². The van der Waals surface area contributed by atoms with E-state index >= 15 is 0 Å². The van der Waals surface area contributed by atoms with Crippen molar-refractivity contribution >= 4 is 5.97 Å². The highest BCUT2D eigenvalue weighted by Crippen LogP contribution is 2.18. The molecule has 0 unspecified atom stereocenters. The number of unbranched alkanes of at least 4 members (excludes halogenated alkanes) is 2. The third kappa shape index (κ3) is 5.71. The highest BCUT2D eigenvalue weighted by molar-refractivity contribution is 5.72. The summed E-state index contributed by atoms with van der Waals surface area (Å²) in [6, 6.07) is 7.18. The van der Waals surface area contributed by atoms with Crippen LogP contribution in [0.25, 0.3) is 0 Å². The molecule has 1 aromatic rings. The SMILES string of the molecule is CCCCCC(=O)Oc1ccc(OCCC)cc1. The number of carbonyl (C=O) groups is 1. The second kappa shape index (κ2) is 8.56. The fraction of sp³-hybridized carbons (Fsp3) is 0.533. The molecular weight excluding hydrogens is 228 g/mol. The van der Waals surface area contributed by atoms with Gasteiger partial charge in [-0.25, -0.2) is 0 Å².